The Kier molecular flexibility index (Phi) is 3.86. The molecular weight excluding hydrogens is 144 g/mol. The minimum atomic E-state index is 1.16. The molecule has 1 rings (SSSR count). The molecule has 0 unspecified atom stereocenters. The molecule has 66 valence electrons. The van der Waals surface area contributed by atoms with Gasteiger partial charge < -0.3 is 0 Å². The van der Waals surface area contributed by atoms with Crippen molar-refractivity contribution in [1.82, 2.24) is 0 Å². The van der Waals surface area contributed by atoms with Crippen molar-refractivity contribution in [3.05, 3.63) is 35.5 Å². The van der Waals surface area contributed by atoms with Gasteiger partial charge in [0.15, 0.2) is 0 Å². The molecule has 0 spiro atoms. The molecule has 0 amide bonds. The Bertz CT molecular complexity index is 216. The van der Waals surface area contributed by atoms with Crippen molar-refractivity contribution in [2.24, 2.45) is 0 Å². The quantitative estimate of drug-likeness (QED) is 0.575. The number of hydrogen-bond donors (Lipinski definition) is 0. The van der Waals surface area contributed by atoms with Crippen molar-refractivity contribution in [2.75, 3.05) is 0 Å². The molecule has 0 aromatic heterocycles. The molecular formula is C12H18. The molecule has 0 aromatic carbocycles. The van der Waals surface area contributed by atoms with E-state index in [2.05, 4.69) is 38.2 Å². The van der Waals surface area contributed by atoms with Crippen molar-refractivity contribution in [2.45, 2.75) is 39.5 Å². The van der Waals surface area contributed by atoms with Gasteiger partial charge in [0.1, 0.15) is 0 Å². The normalized spacial score (nSPS) is 17.8. The molecule has 0 aromatic rings. The second kappa shape index (κ2) is 4.97. The smallest absolute Gasteiger partial charge is 0.0282 e. The van der Waals surface area contributed by atoms with Crippen molar-refractivity contribution < 1.29 is 0 Å². The topological polar surface area (TPSA) is 0 Å². The largest absolute Gasteiger partial charge is 0.0810 e. The summed E-state index contributed by atoms with van der Waals surface area (Å²) in [5.41, 5.74) is 3.04. The Morgan fingerprint density at radius 3 is 2.75 bits per heavy atom. The highest BCUT2D eigenvalue weighted by molar-refractivity contribution is 5.26. The highest BCUT2D eigenvalue weighted by Gasteiger charge is 1.95. The van der Waals surface area contributed by atoms with Crippen molar-refractivity contribution in [1.29, 1.82) is 0 Å². The average Bonchev–Trinajstić information content (AvgIpc) is 2.05. The molecule has 1 aliphatic carbocycles. The van der Waals surface area contributed by atoms with E-state index in [9.17, 15) is 0 Å². The Balaban J connectivity index is 2.66. The lowest BCUT2D eigenvalue weighted by Gasteiger charge is -2.05. The summed E-state index contributed by atoms with van der Waals surface area (Å²) in [6.45, 7) is 4.44. The van der Waals surface area contributed by atoms with E-state index >= 15 is 0 Å². The van der Waals surface area contributed by atoms with E-state index in [1.54, 1.807) is 5.57 Å². The van der Waals surface area contributed by atoms with Gasteiger partial charge in [-0.25, -0.2) is 0 Å². The molecule has 12 heavy (non-hydrogen) atoms. The molecule has 0 saturated carbocycles. The number of allylic oxidation sites excluding steroid dienone is 6. The van der Waals surface area contributed by atoms with Crippen LogP contribution in [0.1, 0.15) is 39.5 Å². The van der Waals surface area contributed by atoms with Gasteiger partial charge in [0.25, 0.3) is 0 Å². The summed E-state index contributed by atoms with van der Waals surface area (Å²) in [6.07, 6.45) is 13.9. The molecule has 0 heteroatoms. The van der Waals surface area contributed by atoms with Crippen LogP contribution in [0, 0.1) is 0 Å². The first-order chi connectivity index (χ1) is 5.86. The first-order valence-corrected chi connectivity index (χ1v) is 4.92. The van der Waals surface area contributed by atoms with Crippen LogP contribution < -0.4 is 0 Å². The SMILES string of the molecule is CCC1=CCCC(CC)=CC=C1. The third kappa shape index (κ3) is 2.69. The monoisotopic (exact) mass is 162 g/mol. The van der Waals surface area contributed by atoms with Crippen LogP contribution in [0.15, 0.2) is 35.5 Å². The van der Waals surface area contributed by atoms with Gasteiger partial charge in [0, 0.05) is 0 Å². The van der Waals surface area contributed by atoms with Crippen LogP contribution in [0.3, 0.4) is 0 Å². The van der Waals surface area contributed by atoms with E-state index in [0.717, 1.165) is 6.42 Å². The standard InChI is InChI=1S/C12H18/c1-3-11-7-5-9-12(4-2)10-6-8-11/h5,7-9H,3-4,6,10H2,1-2H3. The third-order valence-electron chi connectivity index (χ3n) is 2.38. The average molecular weight is 162 g/mol. The summed E-state index contributed by atoms with van der Waals surface area (Å²) in [7, 11) is 0. The minimum absolute atomic E-state index is 1.16. The zero-order valence-electron chi connectivity index (χ0n) is 8.14. The summed E-state index contributed by atoms with van der Waals surface area (Å²) in [5, 5.41) is 0. The van der Waals surface area contributed by atoms with Crippen LogP contribution in [0.5, 0.6) is 0 Å². The van der Waals surface area contributed by atoms with Crippen LogP contribution in [-0.2, 0) is 0 Å². The fourth-order valence-corrected chi connectivity index (χ4v) is 1.46. The van der Waals surface area contributed by atoms with Crippen molar-refractivity contribution in [3.8, 4) is 0 Å². The molecule has 0 heterocycles. The van der Waals surface area contributed by atoms with Gasteiger partial charge in [-0.15, -0.1) is 0 Å². The maximum Gasteiger partial charge on any atom is -0.0282 e. The first-order valence-electron chi connectivity index (χ1n) is 4.92. The highest BCUT2D eigenvalue weighted by Crippen LogP contribution is 2.15. The maximum atomic E-state index is 2.36. The fourth-order valence-electron chi connectivity index (χ4n) is 1.46. The second-order valence-corrected chi connectivity index (χ2v) is 3.21. The van der Waals surface area contributed by atoms with E-state index in [4.69, 9.17) is 0 Å². The summed E-state index contributed by atoms with van der Waals surface area (Å²) in [5.74, 6) is 0. The molecule has 0 nitrogen and oxygen atoms in total. The molecule has 0 fully saturated rings. The van der Waals surface area contributed by atoms with E-state index in [1.165, 1.54) is 24.8 Å². The second-order valence-electron chi connectivity index (χ2n) is 3.21. The van der Waals surface area contributed by atoms with Crippen LogP contribution >= 0.6 is 0 Å². The predicted octanol–water partition coefficient (Wildman–Crippen LogP) is 4.01. The van der Waals surface area contributed by atoms with Gasteiger partial charge >= 0.3 is 0 Å². The zero-order valence-corrected chi connectivity index (χ0v) is 8.14. The van der Waals surface area contributed by atoms with Gasteiger partial charge in [-0.2, -0.15) is 0 Å². The lowest BCUT2D eigenvalue weighted by Crippen LogP contribution is -1.84. The number of hydrogen-bond acceptors (Lipinski definition) is 0. The third-order valence-corrected chi connectivity index (χ3v) is 2.38. The Labute approximate surface area is 75.7 Å². The van der Waals surface area contributed by atoms with E-state index < -0.39 is 0 Å². The minimum Gasteiger partial charge on any atom is -0.0810 e. The van der Waals surface area contributed by atoms with Gasteiger partial charge in [-0.05, 0) is 25.7 Å². The van der Waals surface area contributed by atoms with Gasteiger partial charge in [-0.3, -0.25) is 0 Å². The van der Waals surface area contributed by atoms with E-state index in [1.807, 2.05) is 0 Å². The van der Waals surface area contributed by atoms with Crippen LogP contribution in [-0.4, -0.2) is 0 Å². The van der Waals surface area contributed by atoms with Gasteiger partial charge in [0.05, 0.1) is 0 Å². The molecule has 1 aliphatic rings. The Hall–Kier alpha value is -0.780. The number of rotatable bonds is 2. The molecule has 0 aliphatic heterocycles. The molecule has 0 N–H and O–H groups in total. The predicted molar refractivity (Wildman–Crippen MR) is 55.1 cm³/mol. The summed E-state index contributed by atoms with van der Waals surface area (Å²) in [4.78, 5) is 0. The zero-order chi connectivity index (χ0) is 8.81. The molecule has 0 bridgehead atoms. The Morgan fingerprint density at radius 1 is 1.25 bits per heavy atom. The summed E-state index contributed by atoms with van der Waals surface area (Å²) < 4.78 is 0. The van der Waals surface area contributed by atoms with E-state index in [-0.39, 0.29) is 0 Å². The van der Waals surface area contributed by atoms with Crippen LogP contribution in [0.25, 0.3) is 0 Å². The van der Waals surface area contributed by atoms with Gasteiger partial charge in [0.2, 0.25) is 0 Å². The highest BCUT2D eigenvalue weighted by atomic mass is 14.0. The summed E-state index contributed by atoms with van der Waals surface area (Å²) in [6, 6.07) is 0. The molecule has 0 radical (unpaired) electrons. The first kappa shape index (κ1) is 9.31. The fraction of sp³-hybridized carbons (Fsp3) is 0.500. The van der Waals surface area contributed by atoms with Crippen LogP contribution in [0.4, 0.5) is 0 Å². The van der Waals surface area contributed by atoms with Crippen LogP contribution in [0.2, 0.25) is 0 Å². The van der Waals surface area contributed by atoms with Crippen molar-refractivity contribution in [3.63, 3.8) is 0 Å². The van der Waals surface area contributed by atoms with Gasteiger partial charge in [-0.1, -0.05) is 49.3 Å². The molecule has 0 saturated heterocycles. The maximum absolute atomic E-state index is 2.36. The van der Waals surface area contributed by atoms with Crippen molar-refractivity contribution >= 4 is 0 Å². The lowest BCUT2D eigenvalue weighted by molar-refractivity contribution is 0.896. The Morgan fingerprint density at radius 2 is 2.08 bits per heavy atom. The lowest BCUT2D eigenvalue weighted by atomic mass is 10.0. The molecule has 0 atom stereocenters. The van der Waals surface area contributed by atoms with E-state index in [0.29, 0.717) is 0 Å². The summed E-state index contributed by atoms with van der Waals surface area (Å²) >= 11 is 0.